The van der Waals surface area contributed by atoms with Crippen LogP contribution >= 0.6 is 23.1 Å². The van der Waals surface area contributed by atoms with Crippen LogP contribution in [0.1, 0.15) is 21.5 Å². The number of carbonyl (C=O) groups excluding carboxylic acids is 2. The number of halogens is 1. The van der Waals surface area contributed by atoms with Crippen LogP contribution < -0.4 is 5.32 Å². The molecule has 1 amide bonds. The zero-order valence-electron chi connectivity index (χ0n) is 11.4. The highest BCUT2D eigenvalue weighted by Crippen LogP contribution is 2.22. The van der Waals surface area contributed by atoms with Gasteiger partial charge < -0.3 is 5.32 Å². The molecule has 2 rings (SSSR count). The minimum atomic E-state index is -0.286. The first-order valence-electron chi connectivity index (χ1n) is 6.29. The number of hydrogen-bond donors (Lipinski definition) is 1. The Morgan fingerprint density at radius 1 is 1.19 bits per heavy atom. The van der Waals surface area contributed by atoms with E-state index in [4.69, 9.17) is 0 Å². The number of ketones is 1. The van der Waals surface area contributed by atoms with E-state index in [9.17, 15) is 14.0 Å². The van der Waals surface area contributed by atoms with Gasteiger partial charge in [0.25, 0.3) is 0 Å². The van der Waals surface area contributed by atoms with Crippen LogP contribution in [0.4, 0.5) is 4.39 Å². The van der Waals surface area contributed by atoms with E-state index in [1.807, 2.05) is 6.07 Å². The molecule has 0 fully saturated rings. The van der Waals surface area contributed by atoms with Crippen molar-refractivity contribution in [1.29, 1.82) is 0 Å². The zero-order chi connectivity index (χ0) is 15.2. The van der Waals surface area contributed by atoms with E-state index in [0.717, 1.165) is 9.77 Å². The fourth-order valence-electron chi connectivity index (χ4n) is 1.59. The Hall–Kier alpha value is -1.66. The number of thioether (sulfide) groups is 1. The Balaban J connectivity index is 1.88. The summed E-state index contributed by atoms with van der Waals surface area (Å²) in [5, 5.41) is 2.70. The van der Waals surface area contributed by atoms with E-state index >= 15 is 0 Å². The summed E-state index contributed by atoms with van der Waals surface area (Å²) in [4.78, 5) is 25.4. The summed E-state index contributed by atoms with van der Waals surface area (Å²) in [5.74, 6) is -0.0378. The predicted molar refractivity (Wildman–Crippen MR) is 83.3 cm³/mol. The smallest absolute Gasteiger partial charge is 0.217 e. The average Bonchev–Trinajstić information content (AvgIpc) is 2.93. The van der Waals surface area contributed by atoms with E-state index in [1.165, 1.54) is 42.2 Å². The lowest BCUT2D eigenvalue weighted by Gasteiger charge is -2.00. The standard InChI is InChI=1S/C15H14FNO2S2/c1-10(18)17-8-13-6-7-15(21-13)14(19)9-20-12-4-2-11(16)3-5-12/h2-7H,8-9H2,1H3,(H,17,18). The maximum atomic E-state index is 12.8. The number of nitrogens with one attached hydrogen (secondary N) is 1. The van der Waals surface area contributed by atoms with Crippen molar-refractivity contribution in [2.24, 2.45) is 0 Å². The fourth-order valence-corrected chi connectivity index (χ4v) is 3.34. The maximum absolute atomic E-state index is 12.8. The molecule has 0 aliphatic heterocycles. The quantitative estimate of drug-likeness (QED) is 0.654. The van der Waals surface area contributed by atoms with Crippen LogP contribution in [0.2, 0.25) is 0 Å². The third-order valence-corrected chi connectivity index (χ3v) is 4.77. The number of amides is 1. The van der Waals surface area contributed by atoms with Gasteiger partial charge in [0.1, 0.15) is 5.82 Å². The van der Waals surface area contributed by atoms with Crippen molar-refractivity contribution < 1.29 is 14.0 Å². The Bertz CT molecular complexity index is 637. The summed E-state index contributed by atoms with van der Waals surface area (Å²) >= 11 is 2.76. The van der Waals surface area contributed by atoms with Gasteiger partial charge in [0.15, 0.2) is 5.78 Å². The van der Waals surface area contributed by atoms with Gasteiger partial charge in [-0.2, -0.15) is 0 Å². The highest BCUT2D eigenvalue weighted by Gasteiger charge is 2.10. The van der Waals surface area contributed by atoms with Gasteiger partial charge in [0.2, 0.25) is 5.91 Å². The van der Waals surface area contributed by atoms with Crippen molar-refractivity contribution in [2.45, 2.75) is 18.4 Å². The molecule has 21 heavy (non-hydrogen) atoms. The molecule has 3 nitrogen and oxygen atoms in total. The first-order valence-corrected chi connectivity index (χ1v) is 8.09. The summed E-state index contributed by atoms with van der Waals surface area (Å²) in [6.45, 7) is 1.90. The number of hydrogen-bond acceptors (Lipinski definition) is 4. The van der Waals surface area contributed by atoms with Crippen LogP contribution in [0, 0.1) is 5.82 Å². The molecule has 0 aliphatic carbocycles. The summed E-state index contributed by atoms with van der Waals surface area (Å²) < 4.78 is 12.8. The molecule has 6 heteroatoms. The summed E-state index contributed by atoms with van der Waals surface area (Å²) in [5.41, 5.74) is 0. The summed E-state index contributed by atoms with van der Waals surface area (Å²) in [6, 6.07) is 9.69. The van der Waals surface area contributed by atoms with Gasteiger partial charge in [-0.3, -0.25) is 9.59 Å². The number of thiophene rings is 1. The minimum absolute atomic E-state index is 0.0309. The van der Waals surface area contributed by atoms with Gasteiger partial charge in [-0.25, -0.2) is 4.39 Å². The fraction of sp³-hybridized carbons (Fsp3) is 0.200. The van der Waals surface area contributed by atoms with Crippen molar-refractivity contribution in [3.05, 3.63) is 52.0 Å². The van der Waals surface area contributed by atoms with Gasteiger partial charge >= 0.3 is 0 Å². The SMILES string of the molecule is CC(=O)NCc1ccc(C(=O)CSc2ccc(F)cc2)s1. The molecule has 0 aliphatic rings. The van der Waals surface area contributed by atoms with E-state index in [-0.39, 0.29) is 17.5 Å². The predicted octanol–water partition coefficient (Wildman–Crippen LogP) is 3.50. The van der Waals surface area contributed by atoms with E-state index in [0.29, 0.717) is 17.2 Å². The molecule has 0 spiro atoms. The second-order valence-electron chi connectivity index (χ2n) is 4.34. The van der Waals surface area contributed by atoms with E-state index in [2.05, 4.69) is 5.32 Å². The molecule has 1 heterocycles. The second-order valence-corrected chi connectivity index (χ2v) is 6.56. The molecule has 0 saturated heterocycles. The third-order valence-electron chi connectivity index (χ3n) is 2.63. The number of carbonyl (C=O) groups is 2. The van der Waals surface area contributed by atoms with Crippen molar-refractivity contribution in [1.82, 2.24) is 5.32 Å². The van der Waals surface area contributed by atoms with Crippen molar-refractivity contribution in [3.63, 3.8) is 0 Å². The van der Waals surface area contributed by atoms with Crippen molar-refractivity contribution in [3.8, 4) is 0 Å². The second kappa shape index (κ2) is 7.38. The summed E-state index contributed by atoms with van der Waals surface area (Å²) in [7, 11) is 0. The minimum Gasteiger partial charge on any atom is -0.351 e. The largest absolute Gasteiger partial charge is 0.351 e. The number of benzene rings is 1. The van der Waals surface area contributed by atoms with Crippen LogP contribution in [0.25, 0.3) is 0 Å². The van der Waals surface area contributed by atoms with Crippen molar-refractivity contribution in [2.75, 3.05) is 5.75 Å². The number of Topliss-reactive ketones (excluding diaryl/α,β-unsaturated/α-hetero) is 1. The van der Waals surface area contributed by atoms with Crippen LogP contribution in [-0.2, 0) is 11.3 Å². The van der Waals surface area contributed by atoms with Crippen LogP contribution in [0.3, 0.4) is 0 Å². The average molecular weight is 323 g/mol. The molecule has 110 valence electrons. The number of rotatable bonds is 6. The van der Waals surface area contributed by atoms with Crippen LogP contribution in [0.15, 0.2) is 41.3 Å². The molecule has 0 bridgehead atoms. The normalized spacial score (nSPS) is 10.4. The maximum Gasteiger partial charge on any atom is 0.217 e. The van der Waals surface area contributed by atoms with E-state index < -0.39 is 0 Å². The lowest BCUT2D eigenvalue weighted by atomic mass is 10.3. The first kappa shape index (κ1) is 15.7. The molecule has 1 aromatic heterocycles. The zero-order valence-corrected chi connectivity index (χ0v) is 13.0. The van der Waals surface area contributed by atoms with Gasteiger partial charge in [-0.15, -0.1) is 23.1 Å². The van der Waals surface area contributed by atoms with Crippen LogP contribution in [-0.4, -0.2) is 17.4 Å². The molecule has 2 aromatic rings. The Kier molecular flexibility index (Phi) is 5.52. The lowest BCUT2D eigenvalue weighted by molar-refractivity contribution is -0.119. The first-order chi connectivity index (χ1) is 10.0. The molecular weight excluding hydrogens is 309 g/mol. The van der Waals surface area contributed by atoms with Crippen molar-refractivity contribution >= 4 is 34.8 Å². The summed E-state index contributed by atoms with van der Waals surface area (Å²) in [6.07, 6.45) is 0. The van der Waals surface area contributed by atoms with Gasteiger partial charge in [0, 0.05) is 16.7 Å². The molecular formula is C15H14FNO2S2. The van der Waals surface area contributed by atoms with Crippen LogP contribution in [0.5, 0.6) is 0 Å². The molecule has 0 unspecified atom stereocenters. The monoisotopic (exact) mass is 323 g/mol. The molecule has 0 atom stereocenters. The highest BCUT2D eigenvalue weighted by molar-refractivity contribution is 8.00. The van der Waals surface area contributed by atoms with Gasteiger partial charge in [-0.1, -0.05) is 0 Å². The molecule has 0 radical (unpaired) electrons. The topological polar surface area (TPSA) is 46.2 Å². The van der Waals surface area contributed by atoms with E-state index in [1.54, 1.807) is 18.2 Å². The Morgan fingerprint density at radius 3 is 2.57 bits per heavy atom. The van der Waals surface area contributed by atoms with Gasteiger partial charge in [0.05, 0.1) is 17.2 Å². The van der Waals surface area contributed by atoms with Gasteiger partial charge in [-0.05, 0) is 36.4 Å². The lowest BCUT2D eigenvalue weighted by Crippen LogP contribution is -2.18. The Labute approximate surface area is 130 Å². The third kappa shape index (κ3) is 4.99. The molecule has 0 saturated carbocycles. The molecule has 1 aromatic carbocycles. The Morgan fingerprint density at radius 2 is 1.90 bits per heavy atom. The highest BCUT2D eigenvalue weighted by atomic mass is 32.2. The molecule has 1 N–H and O–H groups in total.